The molecule has 1 aromatic heterocycles. The minimum absolute atomic E-state index is 0.00629. The van der Waals surface area contributed by atoms with Crippen molar-refractivity contribution in [1.29, 1.82) is 0 Å². The molecule has 2 unspecified atom stereocenters. The summed E-state index contributed by atoms with van der Waals surface area (Å²) in [4.78, 5) is 0. The second kappa shape index (κ2) is 3.61. The molecule has 0 spiro atoms. The lowest BCUT2D eigenvalue weighted by Crippen LogP contribution is -2.17. The Morgan fingerprint density at radius 1 is 1.35 bits per heavy atom. The van der Waals surface area contributed by atoms with Crippen molar-refractivity contribution in [2.45, 2.75) is 44.6 Å². The lowest BCUT2D eigenvalue weighted by atomic mass is 9.86. The Hall–Kier alpha value is -1.28. The van der Waals surface area contributed by atoms with Crippen LogP contribution >= 0.6 is 0 Å². The molecule has 1 N–H and O–H groups in total. The quantitative estimate of drug-likeness (QED) is 0.812. The summed E-state index contributed by atoms with van der Waals surface area (Å²) >= 11 is 0. The summed E-state index contributed by atoms with van der Waals surface area (Å²) in [6.07, 6.45) is 2.53. The van der Waals surface area contributed by atoms with E-state index in [0.29, 0.717) is 0 Å². The zero-order valence-electron chi connectivity index (χ0n) is 10.4. The average Bonchev–Trinajstić information content (AvgIpc) is 2.83. The fraction of sp³-hybridized carbons (Fsp3) is 0.467. The van der Waals surface area contributed by atoms with E-state index >= 15 is 0 Å². The molecule has 1 aromatic carbocycles. The van der Waals surface area contributed by atoms with Crippen LogP contribution in [0.3, 0.4) is 0 Å². The summed E-state index contributed by atoms with van der Waals surface area (Å²) in [7, 11) is 0. The smallest absolute Gasteiger partial charge is 0.134 e. The van der Waals surface area contributed by atoms with Gasteiger partial charge in [0.15, 0.2) is 0 Å². The zero-order valence-corrected chi connectivity index (χ0v) is 10.4. The van der Waals surface area contributed by atoms with E-state index in [9.17, 15) is 5.11 Å². The first-order chi connectivity index (χ1) is 8.07. The summed E-state index contributed by atoms with van der Waals surface area (Å²) < 4.78 is 5.95. The fourth-order valence-electron chi connectivity index (χ4n) is 2.89. The molecular weight excluding hydrogens is 212 g/mol. The maximum atomic E-state index is 9.70. The summed E-state index contributed by atoms with van der Waals surface area (Å²) in [5.74, 6) is 1.02. The van der Waals surface area contributed by atoms with Gasteiger partial charge in [-0.1, -0.05) is 18.6 Å². The van der Waals surface area contributed by atoms with Crippen molar-refractivity contribution in [1.82, 2.24) is 0 Å². The molecule has 1 fully saturated rings. The molecular formula is C15H18O2. The van der Waals surface area contributed by atoms with Crippen molar-refractivity contribution in [3.63, 3.8) is 0 Å². The van der Waals surface area contributed by atoms with E-state index in [1.807, 2.05) is 6.07 Å². The molecule has 90 valence electrons. The molecule has 2 aromatic rings. The number of benzene rings is 1. The Kier molecular flexibility index (Phi) is 2.30. The van der Waals surface area contributed by atoms with Gasteiger partial charge in [-0.05, 0) is 44.4 Å². The van der Waals surface area contributed by atoms with Gasteiger partial charge in [0.2, 0.25) is 0 Å². The Morgan fingerprint density at radius 2 is 2.18 bits per heavy atom. The molecule has 3 rings (SSSR count). The molecule has 0 radical (unpaired) electrons. The maximum absolute atomic E-state index is 9.70. The van der Waals surface area contributed by atoms with Crippen LogP contribution in [-0.4, -0.2) is 11.2 Å². The highest BCUT2D eigenvalue weighted by molar-refractivity contribution is 5.79. The van der Waals surface area contributed by atoms with E-state index in [4.69, 9.17) is 4.42 Å². The first-order valence-electron chi connectivity index (χ1n) is 6.26. The number of aliphatic hydroxyl groups excluding tert-OH is 1. The van der Waals surface area contributed by atoms with Crippen LogP contribution in [0, 0.1) is 6.92 Å². The highest BCUT2D eigenvalue weighted by Gasteiger charge is 2.38. The molecule has 0 aliphatic heterocycles. The predicted octanol–water partition coefficient (Wildman–Crippen LogP) is 3.54. The third-order valence-corrected chi connectivity index (χ3v) is 3.98. The average molecular weight is 230 g/mol. The highest BCUT2D eigenvalue weighted by Crippen LogP contribution is 2.42. The van der Waals surface area contributed by atoms with E-state index in [1.165, 1.54) is 10.9 Å². The number of hydrogen-bond acceptors (Lipinski definition) is 2. The van der Waals surface area contributed by atoms with Gasteiger partial charge in [-0.3, -0.25) is 0 Å². The van der Waals surface area contributed by atoms with Crippen molar-refractivity contribution in [3.05, 3.63) is 35.6 Å². The lowest BCUT2D eigenvalue weighted by molar-refractivity contribution is 0.172. The van der Waals surface area contributed by atoms with Crippen LogP contribution in [0.1, 0.15) is 37.5 Å². The van der Waals surface area contributed by atoms with Crippen molar-refractivity contribution >= 4 is 11.0 Å². The van der Waals surface area contributed by atoms with Crippen molar-refractivity contribution in [2.75, 3.05) is 0 Å². The molecule has 1 aliphatic rings. The third-order valence-electron chi connectivity index (χ3n) is 3.98. The van der Waals surface area contributed by atoms with Gasteiger partial charge in [0.05, 0.1) is 6.10 Å². The fourth-order valence-corrected chi connectivity index (χ4v) is 2.89. The first kappa shape index (κ1) is 10.8. The molecule has 1 heterocycles. The van der Waals surface area contributed by atoms with Crippen LogP contribution in [0.25, 0.3) is 11.0 Å². The van der Waals surface area contributed by atoms with E-state index in [2.05, 4.69) is 32.0 Å². The summed E-state index contributed by atoms with van der Waals surface area (Å²) in [5, 5.41) is 10.9. The molecule has 2 nitrogen and oxygen atoms in total. The van der Waals surface area contributed by atoms with Gasteiger partial charge in [0.1, 0.15) is 11.3 Å². The van der Waals surface area contributed by atoms with Crippen LogP contribution < -0.4 is 0 Å². The number of rotatable bonds is 1. The van der Waals surface area contributed by atoms with Crippen molar-refractivity contribution < 1.29 is 9.52 Å². The van der Waals surface area contributed by atoms with Crippen LogP contribution in [-0.2, 0) is 5.41 Å². The molecule has 2 heteroatoms. The number of aliphatic hydroxyl groups is 1. The van der Waals surface area contributed by atoms with Crippen LogP contribution in [0.4, 0.5) is 0 Å². The maximum Gasteiger partial charge on any atom is 0.134 e. The molecule has 0 bridgehead atoms. The number of aryl methyl sites for hydroxylation is 1. The molecule has 0 amide bonds. The number of furan rings is 1. The predicted molar refractivity (Wildman–Crippen MR) is 68.2 cm³/mol. The van der Waals surface area contributed by atoms with Gasteiger partial charge < -0.3 is 9.52 Å². The standard InChI is InChI=1S/C15H18O2/c1-10-3-4-13-11(7-10)8-14(17-13)15(2)6-5-12(16)9-15/h3-4,7-8,12,16H,5-6,9H2,1-2H3. The lowest BCUT2D eigenvalue weighted by Gasteiger charge is -2.20. The molecule has 1 saturated carbocycles. The van der Waals surface area contributed by atoms with Gasteiger partial charge in [0.25, 0.3) is 0 Å². The van der Waals surface area contributed by atoms with Crippen molar-refractivity contribution in [2.24, 2.45) is 0 Å². The Bertz CT molecular complexity index is 555. The Balaban J connectivity index is 2.06. The largest absolute Gasteiger partial charge is 0.460 e. The minimum atomic E-state index is -0.171. The van der Waals surface area contributed by atoms with Gasteiger partial charge in [0, 0.05) is 10.8 Å². The van der Waals surface area contributed by atoms with Crippen LogP contribution in [0.5, 0.6) is 0 Å². The van der Waals surface area contributed by atoms with Gasteiger partial charge in [-0.25, -0.2) is 0 Å². The Labute approximate surface area is 101 Å². The number of fused-ring (bicyclic) bond motifs is 1. The first-order valence-corrected chi connectivity index (χ1v) is 6.26. The minimum Gasteiger partial charge on any atom is -0.460 e. The normalized spacial score (nSPS) is 29.0. The monoisotopic (exact) mass is 230 g/mol. The molecule has 2 atom stereocenters. The van der Waals surface area contributed by atoms with E-state index in [1.54, 1.807) is 0 Å². The van der Waals surface area contributed by atoms with Gasteiger partial charge in [-0.2, -0.15) is 0 Å². The second-order valence-corrected chi connectivity index (χ2v) is 5.61. The van der Waals surface area contributed by atoms with E-state index in [-0.39, 0.29) is 11.5 Å². The third kappa shape index (κ3) is 1.77. The Morgan fingerprint density at radius 3 is 2.88 bits per heavy atom. The van der Waals surface area contributed by atoms with Crippen LogP contribution in [0.2, 0.25) is 0 Å². The molecule has 1 aliphatic carbocycles. The second-order valence-electron chi connectivity index (χ2n) is 5.61. The number of hydrogen-bond donors (Lipinski definition) is 1. The topological polar surface area (TPSA) is 33.4 Å². The van der Waals surface area contributed by atoms with Gasteiger partial charge >= 0.3 is 0 Å². The van der Waals surface area contributed by atoms with Gasteiger partial charge in [-0.15, -0.1) is 0 Å². The van der Waals surface area contributed by atoms with E-state index in [0.717, 1.165) is 30.6 Å². The van der Waals surface area contributed by atoms with E-state index < -0.39 is 0 Å². The SMILES string of the molecule is Cc1ccc2oc(C3(C)CCC(O)C3)cc2c1. The summed E-state index contributed by atoms with van der Waals surface area (Å²) in [6.45, 7) is 4.28. The molecule has 17 heavy (non-hydrogen) atoms. The van der Waals surface area contributed by atoms with Crippen LogP contribution in [0.15, 0.2) is 28.7 Å². The highest BCUT2D eigenvalue weighted by atomic mass is 16.3. The zero-order chi connectivity index (χ0) is 12.0. The summed E-state index contributed by atoms with van der Waals surface area (Å²) in [5.41, 5.74) is 2.21. The van der Waals surface area contributed by atoms with Crippen molar-refractivity contribution in [3.8, 4) is 0 Å². The summed E-state index contributed by atoms with van der Waals surface area (Å²) in [6, 6.07) is 8.39. The molecule has 0 saturated heterocycles.